The SMILES string of the molecule is O=C(CCNC1CC1)N1CCCN(CCO)CC1. The number of carbonyl (C=O) groups is 1. The standard InChI is InChI=1S/C13H25N3O2/c17-11-10-15-6-1-7-16(9-8-15)13(18)4-5-14-12-2-3-12/h12,14,17H,1-11H2. The largest absolute Gasteiger partial charge is 0.395 e. The van der Waals surface area contributed by atoms with Gasteiger partial charge in [0.05, 0.1) is 6.61 Å². The second-order valence-corrected chi connectivity index (χ2v) is 5.28. The summed E-state index contributed by atoms with van der Waals surface area (Å²) in [5, 5.41) is 12.3. The molecule has 0 aromatic rings. The smallest absolute Gasteiger partial charge is 0.223 e. The van der Waals surface area contributed by atoms with Crippen molar-refractivity contribution in [2.75, 3.05) is 45.9 Å². The van der Waals surface area contributed by atoms with Crippen LogP contribution in [0.2, 0.25) is 0 Å². The number of carbonyl (C=O) groups excluding carboxylic acids is 1. The number of aliphatic hydroxyl groups is 1. The van der Waals surface area contributed by atoms with Gasteiger partial charge in [0.15, 0.2) is 0 Å². The first-order valence-electron chi connectivity index (χ1n) is 7.14. The first-order valence-corrected chi connectivity index (χ1v) is 7.14. The van der Waals surface area contributed by atoms with Crippen LogP contribution in [0.3, 0.4) is 0 Å². The highest BCUT2D eigenvalue weighted by Crippen LogP contribution is 2.18. The summed E-state index contributed by atoms with van der Waals surface area (Å²) in [6.45, 7) is 5.31. The van der Waals surface area contributed by atoms with Gasteiger partial charge in [-0.25, -0.2) is 0 Å². The van der Waals surface area contributed by atoms with Gasteiger partial charge in [-0.05, 0) is 25.8 Å². The van der Waals surface area contributed by atoms with Crippen LogP contribution in [-0.2, 0) is 4.79 Å². The van der Waals surface area contributed by atoms with Crippen molar-refractivity contribution >= 4 is 5.91 Å². The van der Waals surface area contributed by atoms with Gasteiger partial charge in [0.25, 0.3) is 0 Å². The molecule has 0 atom stereocenters. The molecule has 18 heavy (non-hydrogen) atoms. The summed E-state index contributed by atoms with van der Waals surface area (Å²) in [5.41, 5.74) is 0. The Labute approximate surface area is 109 Å². The van der Waals surface area contributed by atoms with E-state index in [0.29, 0.717) is 12.5 Å². The Morgan fingerprint density at radius 1 is 1.22 bits per heavy atom. The summed E-state index contributed by atoms with van der Waals surface area (Å²) < 4.78 is 0. The molecule has 1 saturated carbocycles. The third-order valence-electron chi connectivity index (χ3n) is 3.71. The Hall–Kier alpha value is -0.650. The van der Waals surface area contributed by atoms with Crippen LogP contribution < -0.4 is 5.32 Å². The number of nitrogens with one attached hydrogen (secondary N) is 1. The van der Waals surface area contributed by atoms with Gasteiger partial charge in [0.2, 0.25) is 5.91 Å². The number of rotatable bonds is 6. The third kappa shape index (κ3) is 4.55. The molecular weight excluding hydrogens is 230 g/mol. The summed E-state index contributed by atoms with van der Waals surface area (Å²) in [7, 11) is 0. The summed E-state index contributed by atoms with van der Waals surface area (Å²) in [4.78, 5) is 16.2. The van der Waals surface area contributed by atoms with Crippen molar-refractivity contribution in [2.45, 2.75) is 31.7 Å². The van der Waals surface area contributed by atoms with E-state index in [0.717, 1.165) is 45.7 Å². The minimum atomic E-state index is 0.208. The Morgan fingerprint density at radius 2 is 2.06 bits per heavy atom. The van der Waals surface area contributed by atoms with Crippen molar-refractivity contribution in [1.82, 2.24) is 15.1 Å². The van der Waals surface area contributed by atoms with Crippen LogP contribution >= 0.6 is 0 Å². The highest BCUT2D eigenvalue weighted by atomic mass is 16.3. The fraction of sp³-hybridized carbons (Fsp3) is 0.923. The van der Waals surface area contributed by atoms with Crippen LogP contribution in [0.25, 0.3) is 0 Å². The lowest BCUT2D eigenvalue weighted by atomic mass is 10.3. The molecule has 0 bridgehead atoms. The molecular formula is C13H25N3O2. The molecule has 5 heteroatoms. The highest BCUT2D eigenvalue weighted by Gasteiger charge is 2.22. The van der Waals surface area contributed by atoms with Crippen molar-refractivity contribution in [3.63, 3.8) is 0 Å². The van der Waals surface area contributed by atoms with Gasteiger partial charge < -0.3 is 15.3 Å². The lowest BCUT2D eigenvalue weighted by Gasteiger charge is -2.21. The number of nitrogens with zero attached hydrogens (tertiary/aromatic N) is 2. The quantitative estimate of drug-likeness (QED) is 0.681. The zero-order valence-corrected chi connectivity index (χ0v) is 11.1. The summed E-state index contributed by atoms with van der Waals surface area (Å²) in [6.07, 6.45) is 4.18. The van der Waals surface area contributed by atoms with Crippen molar-refractivity contribution in [1.29, 1.82) is 0 Å². The number of hydrogen-bond donors (Lipinski definition) is 2. The van der Waals surface area contributed by atoms with E-state index < -0.39 is 0 Å². The van der Waals surface area contributed by atoms with Crippen LogP contribution in [0.1, 0.15) is 25.7 Å². The molecule has 0 radical (unpaired) electrons. The average Bonchev–Trinajstić information content (AvgIpc) is 3.16. The molecule has 2 aliphatic rings. The zero-order valence-electron chi connectivity index (χ0n) is 11.1. The summed E-state index contributed by atoms with van der Waals surface area (Å²) in [5.74, 6) is 0.272. The second kappa shape index (κ2) is 7.07. The van der Waals surface area contributed by atoms with E-state index in [9.17, 15) is 4.79 Å². The van der Waals surface area contributed by atoms with Gasteiger partial charge >= 0.3 is 0 Å². The fourth-order valence-corrected chi connectivity index (χ4v) is 2.41. The number of hydrogen-bond acceptors (Lipinski definition) is 4. The molecule has 2 fully saturated rings. The average molecular weight is 255 g/mol. The molecule has 5 nitrogen and oxygen atoms in total. The fourth-order valence-electron chi connectivity index (χ4n) is 2.41. The first kappa shape index (κ1) is 13.8. The number of aliphatic hydroxyl groups excluding tert-OH is 1. The predicted molar refractivity (Wildman–Crippen MR) is 70.4 cm³/mol. The van der Waals surface area contributed by atoms with Gasteiger partial charge in [0.1, 0.15) is 0 Å². The van der Waals surface area contributed by atoms with E-state index in [1.165, 1.54) is 12.8 Å². The minimum absolute atomic E-state index is 0.208. The van der Waals surface area contributed by atoms with E-state index in [1.807, 2.05) is 4.90 Å². The van der Waals surface area contributed by atoms with Gasteiger partial charge in [0, 0.05) is 45.2 Å². The van der Waals surface area contributed by atoms with Crippen molar-refractivity contribution in [3.05, 3.63) is 0 Å². The first-order chi connectivity index (χ1) is 8.79. The zero-order chi connectivity index (χ0) is 12.8. The third-order valence-corrected chi connectivity index (χ3v) is 3.71. The van der Waals surface area contributed by atoms with E-state index >= 15 is 0 Å². The van der Waals surface area contributed by atoms with Gasteiger partial charge in [-0.2, -0.15) is 0 Å². The molecule has 2 rings (SSSR count). The summed E-state index contributed by atoms with van der Waals surface area (Å²) >= 11 is 0. The highest BCUT2D eigenvalue weighted by molar-refractivity contribution is 5.76. The van der Waals surface area contributed by atoms with Crippen molar-refractivity contribution in [3.8, 4) is 0 Å². The second-order valence-electron chi connectivity index (χ2n) is 5.28. The maximum atomic E-state index is 12.0. The Morgan fingerprint density at radius 3 is 2.78 bits per heavy atom. The van der Waals surface area contributed by atoms with E-state index in [4.69, 9.17) is 5.11 Å². The Bertz CT molecular complexity index is 269. The molecule has 1 heterocycles. The van der Waals surface area contributed by atoms with E-state index in [-0.39, 0.29) is 12.5 Å². The number of amides is 1. The molecule has 1 aliphatic carbocycles. The topological polar surface area (TPSA) is 55.8 Å². The van der Waals surface area contributed by atoms with Gasteiger partial charge in [-0.1, -0.05) is 0 Å². The van der Waals surface area contributed by atoms with Crippen LogP contribution in [0.5, 0.6) is 0 Å². The molecule has 2 N–H and O–H groups in total. The van der Waals surface area contributed by atoms with Crippen molar-refractivity contribution in [2.24, 2.45) is 0 Å². The predicted octanol–water partition coefficient (Wildman–Crippen LogP) is -0.345. The van der Waals surface area contributed by atoms with E-state index in [2.05, 4.69) is 10.2 Å². The molecule has 1 amide bonds. The molecule has 0 unspecified atom stereocenters. The maximum absolute atomic E-state index is 12.0. The molecule has 104 valence electrons. The summed E-state index contributed by atoms with van der Waals surface area (Å²) in [6, 6.07) is 0.682. The molecule has 1 aliphatic heterocycles. The maximum Gasteiger partial charge on any atom is 0.223 e. The monoisotopic (exact) mass is 255 g/mol. The van der Waals surface area contributed by atoms with Crippen molar-refractivity contribution < 1.29 is 9.90 Å². The Balaban J connectivity index is 1.65. The lowest BCUT2D eigenvalue weighted by molar-refractivity contribution is -0.130. The Kier molecular flexibility index (Phi) is 5.41. The molecule has 1 saturated heterocycles. The van der Waals surface area contributed by atoms with Crippen LogP contribution in [0.15, 0.2) is 0 Å². The molecule has 0 aromatic carbocycles. The van der Waals surface area contributed by atoms with Crippen LogP contribution in [-0.4, -0.2) is 72.7 Å². The normalized spacial score (nSPS) is 21.9. The van der Waals surface area contributed by atoms with Gasteiger partial charge in [-0.15, -0.1) is 0 Å². The van der Waals surface area contributed by atoms with E-state index in [1.54, 1.807) is 0 Å². The van der Waals surface area contributed by atoms with Crippen LogP contribution in [0, 0.1) is 0 Å². The number of β-amino-alcohol motifs (C(OH)–C–C–N with tert-alkyl or cyclic N) is 1. The minimum Gasteiger partial charge on any atom is -0.395 e. The lowest BCUT2D eigenvalue weighted by Crippen LogP contribution is -2.37. The molecule has 0 spiro atoms. The van der Waals surface area contributed by atoms with Crippen LogP contribution in [0.4, 0.5) is 0 Å². The molecule has 0 aromatic heterocycles. The van der Waals surface area contributed by atoms with Gasteiger partial charge in [-0.3, -0.25) is 9.69 Å².